The number of piperidine rings is 1. The maximum atomic E-state index is 11.7. The minimum atomic E-state index is -0.529. The molecule has 4 rings (SSSR count). The molecule has 3 heterocycles. The second-order valence-electron chi connectivity index (χ2n) is 8.47. The van der Waals surface area contributed by atoms with Crippen LogP contribution < -0.4 is 10.1 Å². The average Bonchev–Trinajstić information content (AvgIpc) is 3.20. The predicted octanol–water partition coefficient (Wildman–Crippen LogP) is 1.59. The number of aliphatic hydroxyl groups is 1. The number of halogens is 2. The maximum Gasteiger partial charge on any atom is 0.410 e. The lowest BCUT2D eigenvalue weighted by Crippen LogP contribution is -2.47. The molecule has 1 amide bonds. The largest absolute Gasteiger partial charge is 0.491 e. The smallest absolute Gasteiger partial charge is 0.410 e. The predicted molar refractivity (Wildman–Crippen MR) is 128 cm³/mol. The Morgan fingerprint density at radius 1 is 1.03 bits per heavy atom. The highest BCUT2D eigenvalue weighted by Gasteiger charge is 2.32. The van der Waals surface area contributed by atoms with Gasteiger partial charge in [-0.25, -0.2) is 4.79 Å². The van der Waals surface area contributed by atoms with Gasteiger partial charge in [0.05, 0.1) is 6.54 Å². The van der Waals surface area contributed by atoms with Gasteiger partial charge in [0.25, 0.3) is 0 Å². The van der Waals surface area contributed by atoms with Crippen LogP contribution in [0.1, 0.15) is 18.4 Å². The van der Waals surface area contributed by atoms with Crippen molar-refractivity contribution in [3.8, 4) is 5.75 Å². The van der Waals surface area contributed by atoms with E-state index in [1.54, 1.807) is 0 Å². The van der Waals surface area contributed by atoms with Crippen LogP contribution in [0.25, 0.3) is 0 Å². The molecule has 1 atom stereocenters. The molecule has 0 bridgehead atoms. The fraction of sp³-hybridized carbons (Fsp3) is 0.682. The highest BCUT2D eigenvalue weighted by molar-refractivity contribution is 5.85. The fourth-order valence-electron chi connectivity index (χ4n) is 4.51. The van der Waals surface area contributed by atoms with Crippen LogP contribution in [0.15, 0.2) is 24.3 Å². The Labute approximate surface area is 203 Å². The van der Waals surface area contributed by atoms with Gasteiger partial charge in [-0.3, -0.25) is 4.90 Å². The maximum absolute atomic E-state index is 11.7. The van der Waals surface area contributed by atoms with Crippen molar-refractivity contribution in [3.05, 3.63) is 29.8 Å². The summed E-state index contributed by atoms with van der Waals surface area (Å²) in [5, 5.41) is 13.8. The van der Waals surface area contributed by atoms with Gasteiger partial charge in [-0.1, -0.05) is 12.1 Å². The highest BCUT2D eigenvalue weighted by atomic mass is 35.5. The third-order valence-electron chi connectivity index (χ3n) is 6.24. The number of likely N-dealkylation sites (tertiary alicyclic amines) is 1. The summed E-state index contributed by atoms with van der Waals surface area (Å²) in [5.74, 6) is 0.796. The van der Waals surface area contributed by atoms with Crippen LogP contribution in [0.3, 0.4) is 0 Å². The summed E-state index contributed by atoms with van der Waals surface area (Å²) >= 11 is 0. The lowest BCUT2D eigenvalue weighted by Gasteiger charge is -2.36. The van der Waals surface area contributed by atoms with Crippen molar-refractivity contribution in [1.29, 1.82) is 0 Å². The van der Waals surface area contributed by atoms with Gasteiger partial charge >= 0.3 is 6.09 Å². The van der Waals surface area contributed by atoms with Crippen LogP contribution >= 0.6 is 24.8 Å². The zero-order valence-corrected chi connectivity index (χ0v) is 20.1. The van der Waals surface area contributed by atoms with Crippen molar-refractivity contribution in [2.75, 3.05) is 65.6 Å². The number of carbonyl (C=O) groups is 1. The normalized spacial score (nSPS) is 21.4. The van der Waals surface area contributed by atoms with Crippen LogP contribution in [-0.4, -0.2) is 104 Å². The minimum absolute atomic E-state index is 0. The molecular formula is C22H36Cl2N4O4. The van der Waals surface area contributed by atoms with Crippen molar-refractivity contribution in [2.24, 2.45) is 0 Å². The second kappa shape index (κ2) is 13.4. The molecule has 3 saturated heterocycles. The van der Waals surface area contributed by atoms with E-state index in [1.807, 2.05) is 17.0 Å². The Bertz CT molecular complexity index is 683. The van der Waals surface area contributed by atoms with E-state index in [2.05, 4.69) is 27.2 Å². The van der Waals surface area contributed by atoms with Crippen LogP contribution in [0.4, 0.5) is 4.79 Å². The molecule has 1 unspecified atom stereocenters. The van der Waals surface area contributed by atoms with Crippen LogP contribution in [0, 0.1) is 0 Å². The number of cyclic esters (lactones) is 1. The van der Waals surface area contributed by atoms with E-state index in [0.29, 0.717) is 19.7 Å². The first-order valence-corrected chi connectivity index (χ1v) is 11.2. The van der Waals surface area contributed by atoms with Crippen LogP contribution in [-0.2, 0) is 11.3 Å². The fourth-order valence-corrected chi connectivity index (χ4v) is 4.51. The number of nitrogens with one attached hydrogen (secondary N) is 1. The molecule has 1 aromatic rings. The van der Waals surface area contributed by atoms with Gasteiger partial charge in [0.15, 0.2) is 0 Å². The lowest BCUT2D eigenvalue weighted by molar-refractivity contribution is 0.0497. The summed E-state index contributed by atoms with van der Waals surface area (Å²) in [6.45, 7) is 9.11. The Balaban J connectivity index is 0.00000181. The molecule has 3 aliphatic rings. The van der Waals surface area contributed by atoms with Crippen molar-refractivity contribution >= 4 is 30.9 Å². The molecule has 10 heteroatoms. The van der Waals surface area contributed by atoms with E-state index in [1.165, 1.54) is 5.56 Å². The van der Waals surface area contributed by atoms with Gasteiger partial charge in [-0.15, -0.1) is 24.8 Å². The van der Waals surface area contributed by atoms with Gasteiger partial charge in [0, 0.05) is 58.4 Å². The summed E-state index contributed by atoms with van der Waals surface area (Å²) in [6, 6.07) is 8.47. The molecule has 0 radical (unpaired) electrons. The number of ether oxygens (including phenoxy) is 2. The highest BCUT2D eigenvalue weighted by Crippen LogP contribution is 2.20. The standard InChI is InChI=1S/C22H34N4O4.2ClH/c27-20(16-24-9-5-19(6-10-24)26-13-14-29-22(26)28)17-30-21-3-1-18(2-4-21)15-25-11-7-23-8-12-25;;/h1-4,19-20,23,27H,5-17H2;2*1H. The average molecular weight is 491 g/mol. The number of β-amino-alcohol motifs (C(OH)–C–C–N with tert-alkyl or cyclic N) is 1. The molecule has 8 nitrogen and oxygen atoms in total. The molecule has 32 heavy (non-hydrogen) atoms. The van der Waals surface area contributed by atoms with E-state index >= 15 is 0 Å². The van der Waals surface area contributed by atoms with Crippen LogP contribution in [0.5, 0.6) is 5.75 Å². The molecule has 0 aliphatic carbocycles. The summed E-state index contributed by atoms with van der Waals surface area (Å²) in [5.41, 5.74) is 1.29. The molecule has 182 valence electrons. The number of carbonyl (C=O) groups excluding carboxylic acids is 1. The topological polar surface area (TPSA) is 77.5 Å². The summed E-state index contributed by atoms with van der Waals surface area (Å²) in [6.07, 6.45) is 1.15. The molecule has 1 aromatic carbocycles. The first-order valence-electron chi connectivity index (χ1n) is 11.2. The number of aliphatic hydroxyl groups excluding tert-OH is 1. The quantitative estimate of drug-likeness (QED) is 0.572. The second-order valence-corrected chi connectivity index (χ2v) is 8.47. The Hall–Kier alpha value is -1.29. The van der Waals surface area contributed by atoms with Gasteiger partial charge in [0.1, 0.15) is 25.1 Å². The van der Waals surface area contributed by atoms with E-state index in [4.69, 9.17) is 9.47 Å². The number of nitrogens with zero attached hydrogens (tertiary/aromatic N) is 3. The molecule has 0 aromatic heterocycles. The Morgan fingerprint density at radius 2 is 1.72 bits per heavy atom. The number of rotatable bonds is 8. The lowest BCUT2D eigenvalue weighted by atomic mass is 10.0. The summed E-state index contributed by atoms with van der Waals surface area (Å²) < 4.78 is 10.8. The van der Waals surface area contributed by atoms with E-state index < -0.39 is 6.10 Å². The molecule has 3 fully saturated rings. The van der Waals surface area contributed by atoms with Gasteiger partial charge in [-0.05, 0) is 30.5 Å². The van der Waals surface area contributed by atoms with Crippen LogP contribution in [0.2, 0.25) is 0 Å². The molecule has 0 saturated carbocycles. The summed E-state index contributed by atoms with van der Waals surface area (Å²) in [4.78, 5) is 18.3. The first-order chi connectivity index (χ1) is 14.7. The monoisotopic (exact) mass is 490 g/mol. The van der Waals surface area contributed by atoms with Crippen molar-refractivity contribution in [1.82, 2.24) is 20.0 Å². The van der Waals surface area contributed by atoms with Crippen molar-refractivity contribution in [3.63, 3.8) is 0 Å². The van der Waals surface area contributed by atoms with E-state index in [-0.39, 0.29) is 43.6 Å². The number of amides is 1. The van der Waals surface area contributed by atoms with Gasteiger partial charge < -0.3 is 29.7 Å². The SMILES string of the molecule is Cl.Cl.O=C1OCCN1C1CCN(CC(O)COc2ccc(CN3CCNCC3)cc2)CC1. The Morgan fingerprint density at radius 3 is 2.34 bits per heavy atom. The number of benzene rings is 1. The van der Waals surface area contributed by atoms with Gasteiger partial charge in [-0.2, -0.15) is 0 Å². The Kier molecular flexibility index (Phi) is 11.3. The number of hydrogen-bond acceptors (Lipinski definition) is 7. The van der Waals surface area contributed by atoms with Crippen molar-refractivity contribution in [2.45, 2.75) is 31.5 Å². The minimum Gasteiger partial charge on any atom is -0.491 e. The van der Waals surface area contributed by atoms with Gasteiger partial charge in [0.2, 0.25) is 0 Å². The summed E-state index contributed by atoms with van der Waals surface area (Å²) in [7, 11) is 0. The number of hydrogen-bond donors (Lipinski definition) is 2. The molecular weight excluding hydrogens is 455 g/mol. The molecule has 3 aliphatic heterocycles. The zero-order chi connectivity index (χ0) is 20.8. The zero-order valence-electron chi connectivity index (χ0n) is 18.5. The van der Waals surface area contributed by atoms with E-state index in [9.17, 15) is 9.90 Å². The van der Waals surface area contributed by atoms with Crippen molar-refractivity contribution < 1.29 is 19.4 Å². The number of piperazine rings is 1. The molecule has 0 spiro atoms. The molecule has 2 N–H and O–H groups in total. The van der Waals surface area contributed by atoms with E-state index in [0.717, 1.165) is 64.4 Å². The third-order valence-corrected chi connectivity index (χ3v) is 6.24. The third kappa shape index (κ3) is 7.64. The first kappa shape index (κ1) is 27.0.